The van der Waals surface area contributed by atoms with E-state index in [0.29, 0.717) is 26.1 Å². The zero-order chi connectivity index (χ0) is 12.3. The van der Waals surface area contributed by atoms with Crippen LogP contribution < -0.4 is 5.32 Å². The van der Waals surface area contributed by atoms with Gasteiger partial charge in [0.05, 0.1) is 0 Å². The van der Waals surface area contributed by atoms with Crippen LogP contribution in [0.5, 0.6) is 0 Å². The highest BCUT2D eigenvalue weighted by Gasteiger charge is 2.38. The minimum Gasteiger partial charge on any atom is -0.480 e. The van der Waals surface area contributed by atoms with Gasteiger partial charge in [0.25, 0.3) is 0 Å². The van der Waals surface area contributed by atoms with Crippen molar-refractivity contribution in [2.45, 2.75) is 33.2 Å². The highest BCUT2D eigenvalue weighted by molar-refractivity contribution is 5.87. The molecule has 0 bridgehead atoms. The van der Waals surface area contributed by atoms with Crippen molar-refractivity contribution in [1.29, 1.82) is 0 Å². The van der Waals surface area contributed by atoms with Crippen LogP contribution in [0.2, 0.25) is 0 Å². The van der Waals surface area contributed by atoms with E-state index >= 15 is 0 Å². The third-order valence-electron chi connectivity index (χ3n) is 3.25. The van der Waals surface area contributed by atoms with E-state index in [2.05, 4.69) is 5.32 Å². The van der Waals surface area contributed by atoms with E-state index in [-0.39, 0.29) is 5.91 Å². The number of hydrogen-bond donors (Lipinski definition) is 2. The lowest BCUT2D eigenvalue weighted by molar-refractivity contribution is -0.155. The van der Waals surface area contributed by atoms with E-state index in [1.54, 1.807) is 0 Å². The number of aliphatic carboxylic acids is 1. The Morgan fingerprint density at radius 1 is 1.50 bits per heavy atom. The Morgan fingerprint density at radius 3 is 2.62 bits per heavy atom. The Hall–Kier alpha value is -1.10. The standard InChI is InChI=1S/C11H20N2O3/c1-4-11(2,3)10(16)13-6-5-12-7-8(13)9(14)15/h8,12H,4-7H2,1-3H3,(H,14,15). The molecule has 1 aliphatic rings. The van der Waals surface area contributed by atoms with E-state index in [4.69, 9.17) is 5.11 Å². The predicted molar refractivity (Wildman–Crippen MR) is 60.1 cm³/mol. The molecule has 1 aliphatic heterocycles. The van der Waals surface area contributed by atoms with Gasteiger partial charge >= 0.3 is 5.97 Å². The van der Waals surface area contributed by atoms with Crippen LogP contribution in [0, 0.1) is 5.41 Å². The third kappa shape index (κ3) is 2.52. The van der Waals surface area contributed by atoms with Crippen LogP contribution in [0.15, 0.2) is 0 Å². The van der Waals surface area contributed by atoms with Gasteiger partial charge in [-0.15, -0.1) is 0 Å². The molecular formula is C11H20N2O3. The fraction of sp³-hybridized carbons (Fsp3) is 0.818. The molecule has 92 valence electrons. The van der Waals surface area contributed by atoms with Crippen LogP contribution in [-0.4, -0.2) is 47.6 Å². The lowest BCUT2D eigenvalue weighted by Crippen LogP contribution is -2.59. The van der Waals surface area contributed by atoms with E-state index < -0.39 is 17.4 Å². The Morgan fingerprint density at radius 2 is 2.12 bits per heavy atom. The van der Waals surface area contributed by atoms with Gasteiger partial charge in [-0.2, -0.15) is 0 Å². The number of amides is 1. The zero-order valence-corrected chi connectivity index (χ0v) is 10.1. The summed E-state index contributed by atoms with van der Waals surface area (Å²) in [5.74, 6) is -1.00. The van der Waals surface area contributed by atoms with Crippen LogP contribution in [-0.2, 0) is 9.59 Å². The van der Waals surface area contributed by atoms with Crippen LogP contribution in [0.4, 0.5) is 0 Å². The van der Waals surface area contributed by atoms with Crippen LogP contribution in [0.1, 0.15) is 27.2 Å². The number of carboxylic acid groups (broad SMARTS) is 1. The van der Waals surface area contributed by atoms with Crippen molar-refractivity contribution < 1.29 is 14.7 Å². The molecule has 0 radical (unpaired) electrons. The van der Waals surface area contributed by atoms with Gasteiger partial charge in [0.2, 0.25) is 5.91 Å². The molecule has 0 aromatic carbocycles. The predicted octanol–water partition coefficient (Wildman–Crippen LogP) is 0.308. The SMILES string of the molecule is CCC(C)(C)C(=O)N1CCNCC1C(=O)O. The van der Waals surface area contributed by atoms with Crippen molar-refractivity contribution in [1.82, 2.24) is 10.2 Å². The Bertz CT molecular complexity index is 289. The first-order chi connectivity index (χ1) is 7.40. The highest BCUT2D eigenvalue weighted by atomic mass is 16.4. The Balaban J connectivity index is 2.83. The van der Waals surface area contributed by atoms with Crippen molar-refractivity contribution >= 4 is 11.9 Å². The molecule has 1 rings (SSSR count). The van der Waals surface area contributed by atoms with Gasteiger partial charge in [-0.1, -0.05) is 20.8 Å². The Kier molecular flexibility index (Phi) is 3.91. The summed E-state index contributed by atoms with van der Waals surface area (Å²) in [6.45, 7) is 7.12. The summed E-state index contributed by atoms with van der Waals surface area (Å²) in [4.78, 5) is 24.7. The molecule has 0 spiro atoms. The highest BCUT2D eigenvalue weighted by Crippen LogP contribution is 2.24. The molecule has 1 heterocycles. The Labute approximate surface area is 95.8 Å². The van der Waals surface area contributed by atoms with E-state index in [9.17, 15) is 9.59 Å². The van der Waals surface area contributed by atoms with Crippen molar-refractivity contribution in [2.75, 3.05) is 19.6 Å². The van der Waals surface area contributed by atoms with Gasteiger partial charge in [0.15, 0.2) is 0 Å². The smallest absolute Gasteiger partial charge is 0.327 e. The lowest BCUT2D eigenvalue weighted by Gasteiger charge is -2.38. The maximum absolute atomic E-state index is 12.2. The minimum absolute atomic E-state index is 0.0658. The van der Waals surface area contributed by atoms with E-state index in [0.717, 1.165) is 0 Å². The molecule has 1 saturated heterocycles. The van der Waals surface area contributed by atoms with Crippen molar-refractivity contribution in [3.8, 4) is 0 Å². The second-order valence-electron chi connectivity index (χ2n) is 4.79. The second kappa shape index (κ2) is 4.82. The summed E-state index contributed by atoms with van der Waals surface area (Å²) in [6, 6.07) is -0.730. The molecule has 0 aromatic heterocycles. The number of carbonyl (C=O) groups is 2. The third-order valence-corrected chi connectivity index (χ3v) is 3.25. The summed E-state index contributed by atoms with van der Waals surface area (Å²) in [5, 5.41) is 12.1. The van der Waals surface area contributed by atoms with Gasteiger partial charge in [0.1, 0.15) is 6.04 Å². The fourth-order valence-corrected chi connectivity index (χ4v) is 1.71. The molecule has 2 N–H and O–H groups in total. The number of nitrogens with zero attached hydrogens (tertiary/aromatic N) is 1. The summed E-state index contributed by atoms with van der Waals surface area (Å²) in [5.41, 5.74) is -0.481. The second-order valence-corrected chi connectivity index (χ2v) is 4.79. The van der Waals surface area contributed by atoms with Crippen molar-refractivity contribution in [3.05, 3.63) is 0 Å². The molecule has 5 nitrogen and oxygen atoms in total. The van der Waals surface area contributed by atoms with Crippen LogP contribution >= 0.6 is 0 Å². The van der Waals surface area contributed by atoms with Crippen molar-refractivity contribution in [3.63, 3.8) is 0 Å². The quantitative estimate of drug-likeness (QED) is 0.729. The molecule has 1 unspecified atom stereocenters. The normalized spacial score (nSPS) is 21.9. The van der Waals surface area contributed by atoms with Gasteiger partial charge in [-0.25, -0.2) is 4.79 Å². The van der Waals surface area contributed by atoms with Crippen molar-refractivity contribution in [2.24, 2.45) is 5.41 Å². The number of carboxylic acids is 1. The molecule has 1 amide bonds. The number of nitrogens with one attached hydrogen (secondary N) is 1. The first kappa shape index (κ1) is 13.0. The maximum Gasteiger partial charge on any atom is 0.327 e. The summed E-state index contributed by atoms with van der Waals surface area (Å²) in [7, 11) is 0. The topological polar surface area (TPSA) is 69.6 Å². The van der Waals surface area contributed by atoms with Gasteiger partial charge in [0, 0.05) is 25.0 Å². The molecule has 5 heteroatoms. The van der Waals surface area contributed by atoms with Gasteiger partial charge in [-0.05, 0) is 6.42 Å². The number of carbonyl (C=O) groups excluding carboxylic acids is 1. The van der Waals surface area contributed by atoms with E-state index in [1.165, 1.54) is 4.90 Å². The average Bonchev–Trinajstić information content (AvgIpc) is 2.28. The number of rotatable bonds is 3. The lowest BCUT2D eigenvalue weighted by atomic mass is 9.87. The van der Waals surface area contributed by atoms with Gasteiger partial charge in [-0.3, -0.25) is 4.79 Å². The first-order valence-corrected chi connectivity index (χ1v) is 5.64. The summed E-state index contributed by atoms with van der Waals surface area (Å²) in [6.07, 6.45) is 0.710. The molecule has 0 aliphatic carbocycles. The van der Waals surface area contributed by atoms with E-state index in [1.807, 2.05) is 20.8 Å². The average molecular weight is 228 g/mol. The van der Waals surface area contributed by atoms with Crippen LogP contribution in [0.3, 0.4) is 0 Å². The summed E-state index contributed by atoms with van der Waals surface area (Å²) >= 11 is 0. The largest absolute Gasteiger partial charge is 0.480 e. The van der Waals surface area contributed by atoms with Gasteiger partial charge < -0.3 is 15.3 Å². The number of hydrogen-bond acceptors (Lipinski definition) is 3. The number of piperazine rings is 1. The van der Waals surface area contributed by atoms with Crippen LogP contribution in [0.25, 0.3) is 0 Å². The molecule has 0 aromatic rings. The monoisotopic (exact) mass is 228 g/mol. The molecule has 1 atom stereocenters. The molecule has 1 fully saturated rings. The fourth-order valence-electron chi connectivity index (χ4n) is 1.71. The summed E-state index contributed by atoms with van der Waals surface area (Å²) < 4.78 is 0. The minimum atomic E-state index is -0.938. The zero-order valence-electron chi connectivity index (χ0n) is 10.1. The molecule has 16 heavy (non-hydrogen) atoms. The maximum atomic E-state index is 12.2. The molecule has 0 saturated carbocycles. The first-order valence-electron chi connectivity index (χ1n) is 5.64. The molecular weight excluding hydrogens is 208 g/mol.